The van der Waals surface area contributed by atoms with Crippen LogP contribution in [0.25, 0.3) is 0 Å². The first kappa shape index (κ1) is 13.7. The van der Waals surface area contributed by atoms with Crippen LogP contribution in [0.5, 0.6) is 0 Å². The SMILES string of the molecule is CC(C)C1CCN(c2cc(N3CCCCC3)ccn2)C1. The summed E-state index contributed by atoms with van der Waals surface area (Å²) < 4.78 is 0. The summed E-state index contributed by atoms with van der Waals surface area (Å²) in [5.74, 6) is 2.79. The lowest BCUT2D eigenvalue weighted by Gasteiger charge is -2.29. The van der Waals surface area contributed by atoms with Crippen LogP contribution >= 0.6 is 0 Å². The lowest BCUT2D eigenvalue weighted by atomic mass is 9.95. The maximum absolute atomic E-state index is 4.61. The minimum absolute atomic E-state index is 0.783. The van der Waals surface area contributed by atoms with Crippen LogP contribution < -0.4 is 9.80 Å². The van der Waals surface area contributed by atoms with Gasteiger partial charge in [0.15, 0.2) is 0 Å². The predicted molar refractivity (Wildman–Crippen MR) is 85.5 cm³/mol. The van der Waals surface area contributed by atoms with Crippen molar-refractivity contribution in [2.24, 2.45) is 11.8 Å². The average Bonchev–Trinajstić information content (AvgIpc) is 2.98. The van der Waals surface area contributed by atoms with Crippen LogP contribution in [0.3, 0.4) is 0 Å². The first-order valence-electron chi connectivity index (χ1n) is 8.20. The summed E-state index contributed by atoms with van der Waals surface area (Å²) >= 11 is 0. The Labute approximate surface area is 123 Å². The van der Waals surface area contributed by atoms with Gasteiger partial charge in [0.2, 0.25) is 0 Å². The molecule has 0 bridgehead atoms. The van der Waals surface area contributed by atoms with Crippen LogP contribution in [0.2, 0.25) is 0 Å². The number of aromatic nitrogens is 1. The Morgan fingerprint density at radius 1 is 1.10 bits per heavy atom. The molecular weight excluding hydrogens is 246 g/mol. The number of hydrogen-bond donors (Lipinski definition) is 0. The third-order valence-corrected chi connectivity index (χ3v) is 4.94. The largest absolute Gasteiger partial charge is 0.371 e. The van der Waals surface area contributed by atoms with Gasteiger partial charge in [-0.1, -0.05) is 13.8 Å². The number of anilines is 2. The fourth-order valence-corrected chi connectivity index (χ4v) is 3.47. The molecule has 2 aliphatic heterocycles. The Balaban J connectivity index is 1.71. The summed E-state index contributed by atoms with van der Waals surface area (Å²) in [6, 6.07) is 4.47. The summed E-state index contributed by atoms with van der Waals surface area (Å²) in [4.78, 5) is 9.60. The molecule has 2 fully saturated rings. The fraction of sp³-hybridized carbons (Fsp3) is 0.706. The van der Waals surface area contributed by atoms with Gasteiger partial charge in [0.25, 0.3) is 0 Å². The van der Waals surface area contributed by atoms with E-state index in [1.54, 1.807) is 0 Å². The van der Waals surface area contributed by atoms with Crippen molar-refractivity contribution in [2.45, 2.75) is 39.5 Å². The van der Waals surface area contributed by atoms with Gasteiger partial charge in [0.1, 0.15) is 5.82 Å². The third-order valence-electron chi connectivity index (χ3n) is 4.94. The highest BCUT2D eigenvalue weighted by atomic mass is 15.2. The summed E-state index contributed by atoms with van der Waals surface area (Å²) in [7, 11) is 0. The Hall–Kier alpha value is -1.25. The molecule has 20 heavy (non-hydrogen) atoms. The van der Waals surface area contributed by atoms with Crippen LogP contribution in [0.4, 0.5) is 11.5 Å². The van der Waals surface area contributed by atoms with E-state index in [9.17, 15) is 0 Å². The quantitative estimate of drug-likeness (QED) is 0.839. The Morgan fingerprint density at radius 3 is 2.60 bits per heavy atom. The molecule has 3 rings (SSSR count). The van der Waals surface area contributed by atoms with E-state index >= 15 is 0 Å². The normalized spacial score (nSPS) is 23.6. The Kier molecular flexibility index (Phi) is 4.13. The Bertz CT molecular complexity index is 438. The summed E-state index contributed by atoms with van der Waals surface area (Å²) in [5.41, 5.74) is 1.36. The lowest BCUT2D eigenvalue weighted by Crippen LogP contribution is -2.30. The van der Waals surface area contributed by atoms with Crippen molar-refractivity contribution in [1.82, 2.24) is 4.98 Å². The van der Waals surface area contributed by atoms with E-state index in [0.29, 0.717) is 0 Å². The van der Waals surface area contributed by atoms with E-state index in [-0.39, 0.29) is 0 Å². The van der Waals surface area contributed by atoms with E-state index in [0.717, 1.165) is 11.8 Å². The molecule has 0 aliphatic carbocycles. The molecule has 3 heteroatoms. The first-order valence-corrected chi connectivity index (χ1v) is 8.20. The van der Waals surface area contributed by atoms with Crippen LogP contribution in [0.15, 0.2) is 18.3 Å². The first-order chi connectivity index (χ1) is 9.74. The lowest BCUT2D eigenvalue weighted by molar-refractivity contribution is 0.422. The molecule has 0 aromatic carbocycles. The predicted octanol–water partition coefficient (Wildman–Crippen LogP) is 3.55. The van der Waals surface area contributed by atoms with Gasteiger partial charge in [-0.05, 0) is 43.6 Å². The zero-order valence-electron chi connectivity index (χ0n) is 12.9. The molecular formula is C17H27N3. The number of nitrogens with zero attached hydrogens (tertiary/aromatic N) is 3. The molecule has 0 spiro atoms. The number of hydrogen-bond acceptors (Lipinski definition) is 3. The van der Waals surface area contributed by atoms with Crippen molar-refractivity contribution >= 4 is 11.5 Å². The van der Waals surface area contributed by atoms with Crippen LogP contribution in [-0.2, 0) is 0 Å². The molecule has 0 saturated carbocycles. The average molecular weight is 273 g/mol. The van der Waals surface area contributed by atoms with Crippen LogP contribution in [0.1, 0.15) is 39.5 Å². The number of pyridine rings is 1. The molecule has 1 atom stereocenters. The zero-order valence-corrected chi connectivity index (χ0v) is 12.9. The molecule has 0 N–H and O–H groups in total. The third kappa shape index (κ3) is 2.92. The number of rotatable bonds is 3. The van der Waals surface area contributed by atoms with Crippen molar-refractivity contribution in [3.05, 3.63) is 18.3 Å². The Morgan fingerprint density at radius 2 is 1.90 bits per heavy atom. The highest BCUT2D eigenvalue weighted by Crippen LogP contribution is 2.29. The van der Waals surface area contributed by atoms with E-state index in [4.69, 9.17) is 0 Å². The monoisotopic (exact) mass is 273 g/mol. The zero-order chi connectivity index (χ0) is 13.9. The van der Waals surface area contributed by atoms with E-state index in [1.807, 2.05) is 6.20 Å². The smallest absolute Gasteiger partial charge is 0.130 e. The van der Waals surface area contributed by atoms with Gasteiger partial charge in [-0.25, -0.2) is 4.98 Å². The highest BCUT2D eigenvalue weighted by molar-refractivity contribution is 5.55. The van der Waals surface area contributed by atoms with Crippen molar-refractivity contribution in [2.75, 3.05) is 36.0 Å². The van der Waals surface area contributed by atoms with Crippen molar-refractivity contribution in [3.63, 3.8) is 0 Å². The molecule has 2 aliphatic rings. The topological polar surface area (TPSA) is 19.4 Å². The minimum atomic E-state index is 0.783. The van der Waals surface area contributed by atoms with E-state index in [2.05, 4.69) is 40.8 Å². The second-order valence-corrected chi connectivity index (χ2v) is 6.66. The minimum Gasteiger partial charge on any atom is -0.371 e. The summed E-state index contributed by atoms with van der Waals surface area (Å²) in [5, 5.41) is 0. The molecule has 2 saturated heterocycles. The van der Waals surface area contributed by atoms with Crippen LogP contribution in [0, 0.1) is 11.8 Å². The molecule has 1 aromatic heterocycles. The van der Waals surface area contributed by atoms with Gasteiger partial charge >= 0.3 is 0 Å². The van der Waals surface area contributed by atoms with Crippen LogP contribution in [-0.4, -0.2) is 31.2 Å². The molecule has 110 valence electrons. The molecule has 1 unspecified atom stereocenters. The standard InChI is InChI=1S/C17H27N3/c1-14(2)15-7-11-20(13-15)17-12-16(6-8-18-17)19-9-4-3-5-10-19/h6,8,12,14-15H,3-5,7,9-11,13H2,1-2H3. The van der Waals surface area contributed by atoms with Gasteiger partial charge in [0, 0.05) is 44.1 Å². The van der Waals surface area contributed by atoms with Gasteiger partial charge in [-0.15, -0.1) is 0 Å². The van der Waals surface area contributed by atoms with E-state index < -0.39 is 0 Å². The summed E-state index contributed by atoms with van der Waals surface area (Å²) in [6.45, 7) is 9.43. The van der Waals surface area contributed by atoms with E-state index in [1.165, 1.54) is 63.4 Å². The van der Waals surface area contributed by atoms with Gasteiger partial charge in [0.05, 0.1) is 0 Å². The van der Waals surface area contributed by atoms with Crippen molar-refractivity contribution in [1.29, 1.82) is 0 Å². The molecule has 1 aromatic rings. The second kappa shape index (κ2) is 6.02. The fourth-order valence-electron chi connectivity index (χ4n) is 3.47. The van der Waals surface area contributed by atoms with Gasteiger partial charge in [-0.2, -0.15) is 0 Å². The maximum atomic E-state index is 4.61. The van der Waals surface area contributed by atoms with Gasteiger partial charge in [-0.3, -0.25) is 0 Å². The van der Waals surface area contributed by atoms with Crippen molar-refractivity contribution < 1.29 is 0 Å². The molecule has 3 nitrogen and oxygen atoms in total. The second-order valence-electron chi connectivity index (χ2n) is 6.66. The molecule has 0 radical (unpaired) electrons. The summed E-state index contributed by atoms with van der Waals surface area (Å²) in [6.07, 6.45) is 7.35. The number of piperidine rings is 1. The highest BCUT2D eigenvalue weighted by Gasteiger charge is 2.26. The van der Waals surface area contributed by atoms with Gasteiger partial charge < -0.3 is 9.80 Å². The van der Waals surface area contributed by atoms with Crippen molar-refractivity contribution in [3.8, 4) is 0 Å². The molecule has 0 amide bonds. The molecule has 3 heterocycles. The maximum Gasteiger partial charge on any atom is 0.130 e.